The summed E-state index contributed by atoms with van der Waals surface area (Å²) < 4.78 is 1.80. The molecule has 2 amide bonds. The van der Waals surface area contributed by atoms with Crippen LogP contribution in [0.3, 0.4) is 0 Å². The van der Waals surface area contributed by atoms with Crippen LogP contribution in [-0.4, -0.2) is 40.2 Å². The minimum absolute atomic E-state index is 0.272. The van der Waals surface area contributed by atoms with Crippen LogP contribution in [0.2, 0.25) is 0 Å². The summed E-state index contributed by atoms with van der Waals surface area (Å²) in [5, 5.41) is 9.63. The maximum Gasteiger partial charge on any atom is 0.315 e. The fourth-order valence-electron chi connectivity index (χ4n) is 2.29. The molecular weight excluding hydrogens is 306 g/mol. The summed E-state index contributed by atoms with van der Waals surface area (Å²) in [6.45, 7) is 6.05. The number of carbonyl (C=O) groups excluding carboxylic acids is 2. The van der Waals surface area contributed by atoms with Crippen LogP contribution < -0.4 is 10.6 Å². The highest BCUT2D eigenvalue weighted by Gasteiger charge is 2.24. The molecule has 2 N–H and O–H groups in total. The van der Waals surface area contributed by atoms with Gasteiger partial charge in [0.15, 0.2) is 5.82 Å². The van der Waals surface area contributed by atoms with Gasteiger partial charge in [0.2, 0.25) is 0 Å². The van der Waals surface area contributed by atoms with E-state index in [2.05, 4.69) is 20.7 Å². The number of hydrogen-bond donors (Lipinski definition) is 2. The Morgan fingerprint density at radius 1 is 1.29 bits per heavy atom. The molecule has 0 aliphatic carbocycles. The van der Waals surface area contributed by atoms with Crippen molar-refractivity contribution < 1.29 is 9.59 Å². The maximum absolute atomic E-state index is 11.5. The van der Waals surface area contributed by atoms with Crippen molar-refractivity contribution in [3.8, 4) is 11.4 Å². The first kappa shape index (κ1) is 17.7. The Bertz CT molecular complexity index is 704. The normalized spacial score (nSPS) is 12.5. The Balaban J connectivity index is 2.35. The first-order valence-corrected chi connectivity index (χ1v) is 7.80. The monoisotopic (exact) mass is 329 g/mol. The van der Waals surface area contributed by atoms with Gasteiger partial charge in [-0.2, -0.15) is 5.10 Å². The molecule has 1 heterocycles. The van der Waals surface area contributed by atoms with E-state index < -0.39 is 12.1 Å². The summed E-state index contributed by atoms with van der Waals surface area (Å²) in [6.07, 6.45) is 0.979. The van der Waals surface area contributed by atoms with Crippen LogP contribution in [0.15, 0.2) is 30.3 Å². The van der Waals surface area contributed by atoms with Gasteiger partial charge in [-0.25, -0.2) is 14.5 Å². The van der Waals surface area contributed by atoms with Gasteiger partial charge < -0.3 is 15.4 Å². The zero-order valence-corrected chi connectivity index (χ0v) is 14.4. The topological polar surface area (TPSA) is 88.9 Å². The predicted octanol–water partition coefficient (Wildman–Crippen LogP) is 1.74. The lowest BCUT2D eigenvalue weighted by Crippen LogP contribution is -2.43. The molecule has 7 nitrogen and oxygen atoms in total. The first-order chi connectivity index (χ1) is 11.3. The van der Waals surface area contributed by atoms with Gasteiger partial charge in [-0.15, -0.1) is 0 Å². The lowest BCUT2D eigenvalue weighted by Gasteiger charge is -2.22. The van der Waals surface area contributed by atoms with E-state index in [0.29, 0.717) is 17.9 Å². The van der Waals surface area contributed by atoms with Crippen LogP contribution in [0.25, 0.3) is 11.4 Å². The van der Waals surface area contributed by atoms with Gasteiger partial charge in [0, 0.05) is 19.0 Å². The van der Waals surface area contributed by atoms with Gasteiger partial charge in [0.25, 0.3) is 0 Å². The lowest BCUT2D eigenvalue weighted by molar-refractivity contribution is -0.109. The quantitative estimate of drug-likeness (QED) is 0.818. The summed E-state index contributed by atoms with van der Waals surface area (Å²) in [5.41, 5.74) is 0.610. The molecule has 0 spiro atoms. The number of amides is 2. The maximum atomic E-state index is 11.5. The third-order valence-corrected chi connectivity index (χ3v) is 3.45. The van der Waals surface area contributed by atoms with Crippen molar-refractivity contribution in [3.63, 3.8) is 0 Å². The number of hydrogen-bond acceptors (Lipinski definition) is 4. The van der Waals surface area contributed by atoms with Crippen molar-refractivity contribution in [2.75, 3.05) is 7.05 Å². The van der Waals surface area contributed by atoms with Gasteiger partial charge >= 0.3 is 6.03 Å². The highest BCUT2D eigenvalue weighted by atomic mass is 16.2. The zero-order valence-electron chi connectivity index (χ0n) is 14.4. The van der Waals surface area contributed by atoms with E-state index in [1.54, 1.807) is 4.68 Å². The average molecular weight is 329 g/mol. The van der Waals surface area contributed by atoms with Crippen LogP contribution in [0.4, 0.5) is 4.79 Å². The third kappa shape index (κ3) is 4.18. The van der Waals surface area contributed by atoms with E-state index in [1.807, 2.05) is 51.1 Å². The summed E-state index contributed by atoms with van der Waals surface area (Å²) in [5.74, 6) is 1.25. The van der Waals surface area contributed by atoms with Crippen LogP contribution in [-0.2, 0) is 16.8 Å². The van der Waals surface area contributed by atoms with E-state index in [-0.39, 0.29) is 12.0 Å². The molecule has 1 aromatic heterocycles. The fraction of sp³-hybridized carbons (Fsp3) is 0.412. The number of nitrogens with zero attached hydrogens (tertiary/aromatic N) is 3. The highest BCUT2D eigenvalue weighted by Crippen LogP contribution is 2.21. The number of aromatic nitrogens is 3. The number of aldehydes is 1. The Kier molecular flexibility index (Phi) is 5.33. The molecule has 0 bridgehead atoms. The van der Waals surface area contributed by atoms with Gasteiger partial charge in [-0.3, -0.25) is 0 Å². The van der Waals surface area contributed by atoms with Crippen LogP contribution >= 0.6 is 0 Å². The van der Waals surface area contributed by atoms with Gasteiger partial charge in [-0.05, 0) is 20.8 Å². The molecule has 128 valence electrons. The Morgan fingerprint density at radius 3 is 2.50 bits per heavy atom. The molecule has 1 aromatic carbocycles. The van der Waals surface area contributed by atoms with Gasteiger partial charge in [0.05, 0.1) is 11.6 Å². The van der Waals surface area contributed by atoms with E-state index in [0.717, 1.165) is 5.56 Å². The minimum atomic E-state index is -0.668. The molecule has 1 atom stereocenters. The Morgan fingerprint density at radius 2 is 1.96 bits per heavy atom. The molecule has 0 radical (unpaired) electrons. The minimum Gasteiger partial charge on any atom is -0.341 e. The average Bonchev–Trinajstić information content (AvgIpc) is 2.99. The number of rotatable bonds is 5. The molecule has 2 aromatic rings. The number of carbonyl (C=O) groups is 2. The summed E-state index contributed by atoms with van der Waals surface area (Å²) in [6, 6.07) is 8.58. The second-order valence-electron chi connectivity index (χ2n) is 6.47. The second kappa shape index (κ2) is 7.25. The standard InChI is InChI=1S/C17H23N5O2/c1-17(2,3)22-14(10-13(11-23)19-16(24)18-4)20-15(21-22)12-8-6-5-7-9-12/h5-9,11,13H,10H2,1-4H3,(H2,18,19,24). The summed E-state index contributed by atoms with van der Waals surface area (Å²) in [4.78, 5) is 27.3. The third-order valence-electron chi connectivity index (χ3n) is 3.45. The summed E-state index contributed by atoms with van der Waals surface area (Å²) >= 11 is 0. The van der Waals surface area contributed by atoms with Crippen molar-refractivity contribution in [3.05, 3.63) is 36.2 Å². The largest absolute Gasteiger partial charge is 0.341 e. The lowest BCUT2D eigenvalue weighted by atomic mass is 10.1. The van der Waals surface area contributed by atoms with Gasteiger partial charge in [-0.1, -0.05) is 30.3 Å². The molecule has 0 aliphatic rings. The Labute approximate surface area is 141 Å². The zero-order chi connectivity index (χ0) is 17.7. The van der Waals surface area contributed by atoms with E-state index in [9.17, 15) is 9.59 Å². The van der Waals surface area contributed by atoms with Gasteiger partial charge in [0.1, 0.15) is 12.1 Å². The van der Waals surface area contributed by atoms with E-state index >= 15 is 0 Å². The van der Waals surface area contributed by atoms with E-state index in [1.165, 1.54) is 7.05 Å². The first-order valence-electron chi connectivity index (χ1n) is 7.80. The fourth-order valence-corrected chi connectivity index (χ4v) is 2.29. The van der Waals surface area contributed by atoms with Crippen molar-refractivity contribution in [2.24, 2.45) is 0 Å². The molecule has 0 fully saturated rings. The number of nitrogens with one attached hydrogen (secondary N) is 2. The van der Waals surface area contributed by atoms with Crippen LogP contribution in [0, 0.1) is 0 Å². The molecular formula is C17H23N5O2. The van der Waals surface area contributed by atoms with E-state index in [4.69, 9.17) is 0 Å². The molecule has 1 unspecified atom stereocenters. The van der Waals surface area contributed by atoms with Crippen molar-refractivity contribution in [1.29, 1.82) is 0 Å². The second-order valence-corrected chi connectivity index (χ2v) is 6.47. The number of benzene rings is 1. The smallest absolute Gasteiger partial charge is 0.315 e. The van der Waals surface area contributed by atoms with Crippen LogP contribution in [0.1, 0.15) is 26.6 Å². The SMILES string of the molecule is CNC(=O)NC(C=O)Cc1nc(-c2ccccc2)nn1C(C)(C)C. The molecule has 0 aliphatic heterocycles. The summed E-state index contributed by atoms with van der Waals surface area (Å²) in [7, 11) is 1.50. The number of urea groups is 1. The molecule has 2 rings (SSSR count). The van der Waals surface area contributed by atoms with Crippen molar-refractivity contribution >= 4 is 12.3 Å². The van der Waals surface area contributed by atoms with Crippen molar-refractivity contribution in [1.82, 2.24) is 25.4 Å². The Hall–Kier alpha value is -2.70. The van der Waals surface area contributed by atoms with Crippen LogP contribution in [0.5, 0.6) is 0 Å². The molecule has 7 heteroatoms. The molecule has 0 saturated heterocycles. The molecule has 24 heavy (non-hydrogen) atoms. The van der Waals surface area contributed by atoms with Crippen molar-refractivity contribution in [2.45, 2.75) is 38.8 Å². The predicted molar refractivity (Wildman–Crippen MR) is 91.6 cm³/mol. The molecule has 0 saturated carbocycles. The highest BCUT2D eigenvalue weighted by molar-refractivity contribution is 5.77.